The standard InChI is InChI=1S/2C25H20N6O2/c1-15(32)29-6-7-30-14-19(18-9-16(10-26)8-17(13-29)25(18)30)24-23(21(33)12-28-24)20-11-27-22-4-2-3-5-31(20)22;1-15(32)29-6-7-30-14-19(18-9-16(10-26)8-17(13-29)25(18)30)23-21(33)12-28-24(23)20-11-27-22-4-2-3-5-31(20)22/h2*2-5,8-9,11,14,28H,6-7,12-13H2,1H3. The van der Waals surface area contributed by atoms with Crippen LogP contribution < -0.4 is 10.6 Å². The highest BCUT2D eigenvalue weighted by atomic mass is 16.2. The van der Waals surface area contributed by atoms with Crippen molar-refractivity contribution in [2.24, 2.45) is 0 Å². The molecule has 0 radical (unpaired) electrons. The van der Waals surface area contributed by atoms with Gasteiger partial charge in [0, 0.05) is 99.8 Å². The molecule has 0 saturated carbocycles. The molecule has 0 fully saturated rings. The number of Topliss-reactive ketones (excluding diaryl/α,β-unsaturated/α-hetero) is 2. The average molecular weight is 873 g/mol. The van der Waals surface area contributed by atoms with E-state index in [1.54, 1.807) is 36.0 Å². The van der Waals surface area contributed by atoms with Gasteiger partial charge in [-0.15, -0.1) is 0 Å². The van der Waals surface area contributed by atoms with Crippen molar-refractivity contribution in [3.8, 4) is 12.1 Å². The largest absolute Gasteiger partial charge is 0.376 e. The Hall–Kier alpha value is -8.76. The predicted octanol–water partition coefficient (Wildman–Crippen LogP) is 5.13. The maximum absolute atomic E-state index is 13.1. The second kappa shape index (κ2) is 15.5. The van der Waals surface area contributed by atoms with Gasteiger partial charge in [-0.05, 0) is 59.7 Å². The Kier molecular flexibility index (Phi) is 9.40. The average Bonchev–Trinajstić information content (AvgIpc) is 4.17. The molecular weight excluding hydrogens is 833 g/mol. The summed E-state index contributed by atoms with van der Waals surface area (Å²) in [6.45, 7) is 6.86. The molecule has 12 rings (SSSR count). The second-order valence-electron chi connectivity index (χ2n) is 16.8. The molecule has 0 spiro atoms. The number of rotatable bonds is 4. The fraction of sp³-hybridized carbons (Fsp3) is 0.200. The fourth-order valence-corrected chi connectivity index (χ4v) is 9.95. The topological polar surface area (TPSA) is 191 Å². The number of amides is 2. The molecule has 10 heterocycles. The molecular formula is C50H40N12O4. The first-order valence-electron chi connectivity index (χ1n) is 21.6. The zero-order valence-electron chi connectivity index (χ0n) is 36.0. The number of carbonyl (C=O) groups excluding carboxylic acids is 4. The fourth-order valence-electron chi connectivity index (χ4n) is 9.95. The van der Waals surface area contributed by atoms with Gasteiger partial charge >= 0.3 is 0 Å². The van der Waals surface area contributed by atoms with Crippen molar-refractivity contribution < 1.29 is 19.2 Å². The van der Waals surface area contributed by atoms with E-state index < -0.39 is 0 Å². The Morgan fingerprint density at radius 1 is 0.621 bits per heavy atom. The summed E-state index contributed by atoms with van der Waals surface area (Å²) < 4.78 is 8.11. The monoisotopic (exact) mass is 872 g/mol. The molecule has 4 aliphatic rings. The molecule has 0 saturated heterocycles. The predicted molar refractivity (Wildman–Crippen MR) is 246 cm³/mol. The number of aromatic nitrogens is 6. The van der Waals surface area contributed by atoms with Crippen molar-refractivity contribution in [3.63, 3.8) is 0 Å². The van der Waals surface area contributed by atoms with E-state index in [1.807, 2.05) is 94.3 Å². The first-order chi connectivity index (χ1) is 32.1. The summed E-state index contributed by atoms with van der Waals surface area (Å²) >= 11 is 0. The number of nitriles is 2. The zero-order valence-corrected chi connectivity index (χ0v) is 36.0. The second-order valence-corrected chi connectivity index (χ2v) is 16.8. The van der Waals surface area contributed by atoms with Crippen LogP contribution in [0.2, 0.25) is 0 Å². The molecule has 16 nitrogen and oxygen atoms in total. The Morgan fingerprint density at radius 2 is 1.12 bits per heavy atom. The lowest BCUT2D eigenvalue weighted by atomic mass is 9.97. The minimum absolute atomic E-state index is 0.00117. The van der Waals surface area contributed by atoms with E-state index >= 15 is 0 Å². The van der Waals surface area contributed by atoms with Crippen LogP contribution in [0.15, 0.2) is 97.8 Å². The lowest BCUT2D eigenvalue weighted by molar-refractivity contribution is -0.130. The van der Waals surface area contributed by atoms with Crippen molar-refractivity contribution in [1.82, 2.24) is 48.3 Å². The molecule has 0 unspecified atom stereocenters. The van der Waals surface area contributed by atoms with Gasteiger partial charge in [0.05, 0.1) is 93.7 Å². The Balaban J connectivity index is 0.000000146. The lowest BCUT2D eigenvalue weighted by Crippen LogP contribution is -2.29. The highest BCUT2D eigenvalue weighted by Crippen LogP contribution is 2.39. The molecule has 6 aromatic heterocycles. The smallest absolute Gasteiger partial charge is 0.219 e. The molecule has 8 aromatic rings. The Labute approximate surface area is 376 Å². The maximum atomic E-state index is 13.1. The molecule has 2 amide bonds. The molecule has 16 heteroatoms. The molecule has 66 heavy (non-hydrogen) atoms. The van der Waals surface area contributed by atoms with Crippen molar-refractivity contribution in [3.05, 3.63) is 143 Å². The van der Waals surface area contributed by atoms with Crippen LogP contribution >= 0.6 is 0 Å². The molecule has 2 N–H and O–H groups in total. The van der Waals surface area contributed by atoms with Gasteiger partial charge in [0.25, 0.3) is 0 Å². The van der Waals surface area contributed by atoms with Gasteiger partial charge < -0.3 is 29.6 Å². The van der Waals surface area contributed by atoms with Crippen molar-refractivity contribution in [2.45, 2.75) is 40.0 Å². The summed E-state index contributed by atoms with van der Waals surface area (Å²) in [5.74, 6) is 0.0192. The number of nitrogens with zero attached hydrogens (tertiary/aromatic N) is 10. The summed E-state index contributed by atoms with van der Waals surface area (Å²) in [6, 6.07) is 23.4. The van der Waals surface area contributed by atoms with Gasteiger partial charge in [-0.2, -0.15) is 10.5 Å². The lowest BCUT2D eigenvalue weighted by Gasteiger charge is -2.18. The van der Waals surface area contributed by atoms with Gasteiger partial charge in [-0.25, -0.2) is 9.97 Å². The third-order valence-electron chi connectivity index (χ3n) is 13.0. The zero-order chi connectivity index (χ0) is 45.4. The van der Waals surface area contributed by atoms with Gasteiger partial charge in [0.15, 0.2) is 11.6 Å². The quantitative estimate of drug-likeness (QED) is 0.240. The number of nitrogens with one attached hydrogen (secondary N) is 2. The summed E-state index contributed by atoms with van der Waals surface area (Å²) in [4.78, 5) is 62.9. The summed E-state index contributed by atoms with van der Waals surface area (Å²) in [5, 5.41) is 27.7. The highest BCUT2D eigenvalue weighted by molar-refractivity contribution is 6.34. The number of benzene rings is 2. The minimum Gasteiger partial charge on any atom is -0.376 e. The SMILES string of the molecule is CC(=O)N1CCn2cc(C3=C(c4cnc5ccccn45)C(=O)CN3)c3cc(C#N)cc(c32)C1.CC(=O)N1CCn2cc(C3=C(c4cnc5ccccn45)NCC3=O)c3cc(C#N)cc(c32)C1. The third kappa shape index (κ3) is 6.41. The van der Waals surface area contributed by atoms with Gasteiger partial charge in [0.1, 0.15) is 11.3 Å². The van der Waals surface area contributed by atoms with Crippen LogP contribution in [0.3, 0.4) is 0 Å². The third-order valence-corrected chi connectivity index (χ3v) is 13.0. The van der Waals surface area contributed by atoms with Crippen LogP contribution in [0.4, 0.5) is 0 Å². The van der Waals surface area contributed by atoms with E-state index in [2.05, 4.69) is 41.9 Å². The van der Waals surface area contributed by atoms with Crippen LogP contribution in [0.1, 0.15) is 58.6 Å². The summed E-state index contributed by atoms with van der Waals surface area (Å²) in [7, 11) is 0. The Bertz CT molecular complexity index is 3600. The molecule has 0 aliphatic carbocycles. The maximum Gasteiger partial charge on any atom is 0.219 e. The summed E-state index contributed by atoms with van der Waals surface area (Å²) in [6.07, 6.45) is 11.4. The Morgan fingerprint density at radius 3 is 1.68 bits per heavy atom. The number of imidazole rings is 2. The van der Waals surface area contributed by atoms with Crippen LogP contribution in [-0.4, -0.2) is 87.3 Å². The van der Waals surface area contributed by atoms with Crippen LogP contribution in [0.25, 0.3) is 55.6 Å². The first kappa shape index (κ1) is 40.0. The normalized spacial score (nSPS) is 15.8. The van der Waals surface area contributed by atoms with E-state index in [9.17, 15) is 29.7 Å². The number of pyridine rings is 2. The molecule has 2 aromatic carbocycles. The van der Waals surface area contributed by atoms with E-state index in [-0.39, 0.29) is 36.5 Å². The number of hydrogen-bond acceptors (Lipinski definition) is 10. The first-order valence-corrected chi connectivity index (χ1v) is 21.6. The molecule has 4 aliphatic heterocycles. The van der Waals surface area contributed by atoms with Crippen LogP contribution in [-0.2, 0) is 45.4 Å². The number of fused-ring (bicyclic) bond motifs is 2. The van der Waals surface area contributed by atoms with Crippen molar-refractivity contribution in [1.29, 1.82) is 10.5 Å². The number of ketones is 2. The van der Waals surface area contributed by atoms with Crippen LogP contribution in [0, 0.1) is 22.7 Å². The minimum atomic E-state index is 0.00117. The number of carbonyl (C=O) groups is 4. The van der Waals surface area contributed by atoms with Crippen LogP contribution in [0.5, 0.6) is 0 Å². The van der Waals surface area contributed by atoms with Crippen molar-refractivity contribution in [2.75, 3.05) is 26.2 Å². The summed E-state index contributed by atoms with van der Waals surface area (Å²) in [5.41, 5.74) is 12.4. The molecule has 0 bridgehead atoms. The molecule has 0 atom stereocenters. The van der Waals surface area contributed by atoms with E-state index in [0.29, 0.717) is 61.5 Å². The molecule has 324 valence electrons. The van der Waals surface area contributed by atoms with Gasteiger partial charge in [0.2, 0.25) is 11.8 Å². The van der Waals surface area contributed by atoms with Gasteiger partial charge in [-0.1, -0.05) is 12.1 Å². The van der Waals surface area contributed by atoms with E-state index in [1.165, 1.54) is 0 Å². The number of hydrogen-bond donors (Lipinski definition) is 2. The van der Waals surface area contributed by atoms with Crippen molar-refractivity contribution >= 4 is 79.0 Å². The highest BCUT2D eigenvalue weighted by Gasteiger charge is 2.33. The van der Waals surface area contributed by atoms with E-state index in [0.717, 1.165) is 78.1 Å². The van der Waals surface area contributed by atoms with E-state index in [4.69, 9.17) is 0 Å². The van der Waals surface area contributed by atoms with Gasteiger partial charge in [-0.3, -0.25) is 28.0 Å².